The third kappa shape index (κ3) is 3.38. The lowest BCUT2D eigenvalue weighted by molar-refractivity contribution is 0.0827. The first-order chi connectivity index (χ1) is 9.08. The van der Waals surface area contributed by atoms with E-state index in [1.165, 1.54) is 0 Å². The molecule has 2 aromatic rings. The highest BCUT2D eigenvalue weighted by molar-refractivity contribution is 9.10. The van der Waals surface area contributed by atoms with Gasteiger partial charge < -0.3 is 14.6 Å². The monoisotopic (exact) mass is 322 g/mol. The average molecular weight is 323 g/mol. The van der Waals surface area contributed by atoms with Gasteiger partial charge in [-0.3, -0.25) is 4.79 Å². The Balaban J connectivity index is 2.07. The molecule has 2 rings (SSSR count). The van der Waals surface area contributed by atoms with Gasteiger partial charge >= 0.3 is 0 Å². The van der Waals surface area contributed by atoms with Crippen LogP contribution in [0.1, 0.15) is 16.1 Å². The highest BCUT2D eigenvalue weighted by atomic mass is 79.9. The van der Waals surface area contributed by atoms with Crippen LogP contribution in [-0.2, 0) is 6.54 Å². The maximum atomic E-state index is 11.9. The molecule has 0 aliphatic rings. The van der Waals surface area contributed by atoms with E-state index in [1.54, 1.807) is 31.3 Å². The Morgan fingerprint density at radius 1 is 1.37 bits per heavy atom. The number of carbonyl (C=O) groups excluding carboxylic acids is 1. The van der Waals surface area contributed by atoms with Crippen molar-refractivity contribution >= 4 is 27.5 Å². The first-order valence-electron chi connectivity index (χ1n) is 5.85. The van der Waals surface area contributed by atoms with Gasteiger partial charge in [0.1, 0.15) is 5.76 Å². The van der Waals surface area contributed by atoms with Crippen LogP contribution in [0.3, 0.4) is 0 Å². The lowest BCUT2D eigenvalue weighted by Gasteiger charge is -2.11. The smallest absolute Gasteiger partial charge is 0.253 e. The van der Waals surface area contributed by atoms with Crippen LogP contribution in [0.4, 0.5) is 5.69 Å². The summed E-state index contributed by atoms with van der Waals surface area (Å²) in [6.45, 7) is 0.563. The maximum absolute atomic E-state index is 11.9. The van der Waals surface area contributed by atoms with Crippen molar-refractivity contribution in [3.8, 4) is 0 Å². The number of furan rings is 1. The van der Waals surface area contributed by atoms with E-state index in [0.717, 1.165) is 15.9 Å². The molecule has 0 bridgehead atoms. The van der Waals surface area contributed by atoms with E-state index < -0.39 is 0 Å². The molecule has 0 saturated carbocycles. The van der Waals surface area contributed by atoms with Crippen molar-refractivity contribution in [2.75, 3.05) is 19.4 Å². The molecule has 1 N–H and O–H groups in total. The van der Waals surface area contributed by atoms with E-state index in [-0.39, 0.29) is 5.91 Å². The minimum Gasteiger partial charge on any atom is -0.466 e. The van der Waals surface area contributed by atoms with Crippen molar-refractivity contribution in [3.63, 3.8) is 0 Å². The van der Waals surface area contributed by atoms with E-state index in [9.17, 15) is 4.79 Å². The van der Waals surface area contributed by atoms with Crippen LogP contribution >= 0.6 is 15.9 Å². The van der Waals surface area contributed by atoms with Crippen LogP contribution in [-0.4, -0.2) is 24.9 Å². The van der Waals surface area contributed by atoms with Gasteiger partial charge in [0.2, 0.25) is 0 Å². The number of hydrogen-bond donors (Lipinski definition) is 1. The zero-order valence-electron chi connectivity index (χ0n) is 10.8. The van der Waals surface area contributed by atoms with Gasteiger partial charge in [-0.25, -0.2) is 0 Å². The van der Waals surface area contributed by atoms with Gasteiger partial charge in [-0.05, 0) is 40.2 Å². The molecule has 1 heterocycles. The summed E-state index contributed by atoms with van der Waals surface area (Å²) in [5, 5.41) is 3.23. The molecule has 0 radical (unpaired) electrons. The summed E-state index contributed by atoms with van der Waals surface area (Å²) < 4.78 is 6.25. The van der Waals surface area contributed by atoms with Crippen molar-refractivity contribution in [2.24, 2.45) is 0 Å². The van der Waals surface area contributed by atoms with Gasteiger partial charge in [-0.1, -0.05) is 6.07 Å². The Morgan fingerprint density at radius 3 is 2.79 bits per heavy atom. The normalized spacial score (nSPS) is 10.3. The van der Waals surface area contributed by atoms with E-state index in [0.29, 0.717) is 12.1 Å². The van der Waals surface area contributed by atoms with Crippen molar-refractivity contribution in [3.05, 3.63) is 52.4 Å². The summed E-state index contributed by atoms with van der Waals surface area (Å²) in [5.74, 6) is 0.812. The minimum absolute atomic E-state index is 0.0113. The first kappa shape index (κ1) is 13.7. The van der Waals surface area contributed by atoms with E-state index in [4.69, 9.17) is 4.42 Å². The molecular weight excluding hydrogens is 308 g/mol. The zero-order chi connectivity index (χ0) is 13.8. The highest BCUT2D eigenvalue weighted by Crippen LogP contribution is 2.19. The second kappa shape index (κ2) is 5.93. The number of nitrogens with one attached hydrogen (secondary N) is 1. The third-order valence-electron chi connectivity index (χ3n) is 2.66. The minimum atomic E-state index is -0.0113. The van der Waals surface area contributed by atoms with Crippen molar-refractivity contribution < 1.29 is 9.21 Å². The highest BCUT2D eigenvalue weighted by Gasteiger charge is 2.08. The van der Waals surface area contributed by atoms with Crippen LogP contribution in [0.15, 0.2) is 45.5 Å². The molecule has 0 spiro atoms. The number of rotatable bonds is 4. The second-order valence-electron chi connectivity index (χ2n) is 4.33. The van der Waals surface area contributed by atoms with Crippen LogP contribution in [0.25, 0.3) is 0 Å². The predicted octanol–water partition coefficient (Wildman–Crippen LogP) is 3.36. The molecule has 19 heavy (non-hydrogen) atoms. The molecule has 0 atom stereocenters. The quantitative estimate of drug-likeness (QED) is 0.938. The molecule has 4 nitrogen and oxygen atoms in total. The molecule has 0 aliphatic heterocycles. The van der Waals surface area contributed by atoms with Crippen molar-refractivity contribution in [1.82, 2.24) is 4.90 Å². The average Bonchev–Trinajstić information content (AvgIpc) is 2.81. The van der Waals surface area contributed by atoms with Gasteiger partial charge in [-0.15, -0.1) is 0 Å². The molecule has 0 fully saturated rings. The second-order valence-corrected chi connectivity index (χ2v) is 5.18. The molecule has 100 valence electrons. The summed E-state index contributed by atoms with van der Waals surface area (Å²) in [6.07, 6.45) is 1.63. The van der Waals surface area contributed by atoms with Crippen molar-refractivity contribution in [1.29, 1.82) is 0 Å². The molecule has 0 saturated heterocycles. The lowest BCUT2D eigenvalue weighted by atomic mass is 10.2. The molecule has 5 heteroatoms. The van der Waals surface area contributed by atoms with Crippen LogP contribution in [0.5, 0.6) is 0 Å². The number of benzene rings is 1. The van der Waals surface area contributed by atoms with Crippen LogP contribution in [0.2, 0.25) is 0 Å². The van der Waals surface area contributed by atoms with Gasteiger partial charge in [0, 0.05) is 25.3 Å². The zero-order valence-corrected chi connectivity index (χ0v) is 12.4. The Kier molecular flexibility index (Phi) is 4.27. The number of anilines is 1. The predicted molar refractivity (Wildman–Crippen MR) is 78.2 cm³/mol. The van der Waals surface area contributed by atoms with Crippen LogP contribution < -0.4 is 5.32 Å². The molecular formula is C14H15BrN2O2. The third-order valence-corrected chi connectivity index (χ3v) is 3.37. The van der Waals surface area contributed by atoms with Gasteiger partial charge in [0.05, 0.1) is 17.3 Å². The Labute approximate surface area is 120 Å². The number of halogens is 1. The fourth-order valence-electron chi connectivity index (χ4n) is 1.65. The van der Waals surface area contributed by atoms with Crippen molar-refractivity contribution in [2.45, 2.75) is 6.54 Å². The summed E-state index contributed by atoms with van der Waals surface area (Å²) in [5.41, 5.74) is 1.55. The van der Waals surface area contributed by atoms with Crippen LogP contribution in [0, 0.1) is 0 Å². The Hall–Kier alpha value is -1.75. The number of amides is 1. The maximum Gasteiger partial charge on any atom is 0.253 e. The standard InChI is InChI=1S/C14H15BrN2O2/c1-17(2)14(18)10-4-3-5-11(8-10)16-9-13-12(15)6-7-19-13/h3-8,16H,9H2,1-2H3. The molecule has 1 aromatic heterocycles. The molecule has 1 aromatic carbocycles. The first-order valence-corrected chi connectivity index (χ1v) is 6.64. The lowest BCUT2D eigenvalue weighted by Crippen LogP contribution is -2.21. The number of hydrogen-bond acceptors (Lipinski definition) is 3. The number of carbonyl (C=O) groups is 1. The van der Waals surface area contributed by atoms with Gasteiger partial charge in [-0.2, -0.15) is 0 Å². The summed E-state index contributed by atoms with van der Waals surface area (Å²) >= 11 is 3.40. The SMILES string of the molecule is CN(C)C(=O)c1cccc(NCc2occc2Br)c1. The summed E-state index contributed by atoms with van der Waals surface area (Å²) in [4.78, 5) is 13.4. The molecule has 0 unspecified atom stereocenters. The summed E-state index contributed by atoms with van der Waals surface area (Å²) in [7, 11) is 3.48. The Morgan fingerprint density at radius 2 is 2.16 bits per heavy atom. The van der Waals surface area contributed by atoms with E-state index in [1.807, 2.05) is 24.3 Å². The van der Waals surface area contributed by atoms with E-state index >= 15 is 0 Å². The molecule has 0 aliphatic carbocycles. The largest absolute Gasteiger partial charge is 0.466 e. The van der Waals surface area contributed by atoms with E-state index in [2.05, 4.69) is 21.2 Å². The van der Waals surface area contributed by atoms with Gasteiger partial charge in [0.15, 0.2) is 0 Å². The molecule has 1 amide bonds. The topological polar surface area (TPSA) is 45.5 Å². The summed E-state index contributed by atoms with van der Waals surface area (Å²) in [6, 6.07) is 9.26. The fraction of sp³-hybridized carbons (Fsp3) is 0.214. The number of nitrogens with zero attached hydrogens (tertiary/aromatic N) is 1. The van der Waals surface area contributed by atoms with Gasteiger partial charge in [0.25, 0.3) is 5.91 Å². The Bertz CT molecular complexity index is 578. The fourth-order valence-corrected chi connectivity index (χ4v) is 2.00.